The lowest BCUT2D eigenvalue weighted by atomic mass is 10.0. The summed E-state index contributed by atoms with van der Waals surface area (Å²) < 4.78 is 0. The van der Waals surface area contributed by atoms with Crippen LogP contribution in [0.25, 0.3) is 6.08 Å². The van der Waals surface area contributed by atoms with Gasteiger partial charge in [0.2, 0.25) is 5.91 Å². The number of nitrogens with zero attached hydrogens (tertiary/aromatic N) is 1. The van der Waals surface area contributed by atoms with Gasteiger partial charge >= 0.3 is 0 Å². The summed E-state index contributed by atoms with van der Waals surface area (Å²) >= 11 is 2.90. The summed E-state index contributed by atoms with van der Waals surface area (Å²) in [6.45, 7) is 0.723. The molecule has 0 bridgehead atoms. The molecule has 0 aliphatic carbocycles. The Morgan fingerprint density at radius 1 is 0.923 bits per heavy atom. The van der Waals surface area contributed by atoms with Crippen molar-refractivity contribution in [2.75, 3.05) is 22.5 Å². The Hall–Kier alpha value is -4.14. The van der Waals surface area contributed by atoms with Gasteiger partial charge in [0, 0.05) is 33.3 Å². The summed E-state index contributed by atoms with van der Waals surface area (Å²) in [6, 6.07) is 28.0. The second kappa shape index (κ2) is 12.6. The van der Waals surface area contributed by atoms with Gasteiger partial charge in [-0.05, 0) is 72.3 Å². The number of carbonyl (C=O) groups is 3. The van der Waals surface area contributed by atoms with Crippen LogP contribution in [0.4, 0.5) is 11.4 Å². The van der Waals surface area contributed by atoms with Crippen LogP contribution in [0.3, 0.4) is 0 Å². The zero-order valence-electron chi connectivity index (χ0n) is 21.1. The standard InChI is InChI=1S/C31H27N3O3S2/c35-29(34-17-7-12-22-9-4-5-16-28(22)34)21-39-25-14-6-13-24(19-25)32-31(37)27(20-26-15-8-18-38-26)33-30(36)23-10-2-1-3-11-23/h1-6,8-11,13-16,18-20H,7,12,17,21H2,(H,32,37)(H,33,36)/b27-20-. The first-order valence-corrected chi connectivity index (χ1v) is 14.5. The van der Waals surface area contributed by atoms with Crippen LogP contribution in [-0.4, -0.2) is 30.0 Å². The van der Waals surface area contributed by atoms with Gasteiger partial charge < -0.3 is 15.5 Å². The van der Waals surface area contributed by atoms with Gasteiger partial charge in [0.15, 0.2) is 0 Å². The molecule has 0 radical (unpaired) electrons. The van der Waals surface area contributed by atoms with Crippen molar-refractivity contribution in [1.82, 2.24) is 5.32 Å². The molecule has 0 unspecified atom stereocenters. The van der Waals surface area contributed by atoms with E-state index in [4.69, 9.17) is 0 Å². The van der Waals surface area contributed by atoms with E-state index < -0.39 is 5.91 Å². The lowest BCUT2D eigenvalue weighted by molar-refractivity contribution is -0.116. The lowest BCUT2D eigenvalue weighted by Gasteiger charge is -2.29. The molecule has 1 aliphatic heterocycles. The summed E-state index contributed by atoms with van der Waals surface area (Å²) in [4.78, 5) is 42.7. The first-order chi connectivity index (χ1) is 19.1. The third kappa shape index (κ3) is 6.85. The highest BCUT2D eigenvalue weighted by atomic mass is 32.2. The van der Waals surface area contributed by atoms with E-state index in [1.165, 1.54) is 28.7 Å². The molecule has 0 saturated carbocycles. The van der Waals surface area contributed by atoms with Gasteiger partial charge in [-0.1, -0.05) is 48.5 Å². The van der Waals surface area contributed by atoms with Crippen LogP contribution in [0.1, 0.15) is 27.2 Å². The number of thiophene rings is 1. The summed E-state index contributed by atoms with van der Waals surface area (Å²) in [5.74, 6) is -0.444. The molecule has 3 aromatic carbocycles. The molecule has 2 N–H and O–H groups in total. The maximum absolute atomic E-state index is 13.2. The number of rotatable bonds is 8. The minimum Gasteiger partial charge on any atom is -0.321 e. The smallest absolute Gasteiger partial charge is 0.272 e. The topological polar surface area (TPSA) is 78.5 Å². The monoisotopic (exact) mass is 553 g/mol. The molecule has 196 valence electrons. The summed E-state index contributed by atoms with van der Waals surface area (Å²) in [6.07, 6.45) is 3.61. The quantitative estimate of drug-likeness (QED) is 0.200. The fourth-order valence-corrected chi connectivity index (χ4v) is 5.82. The van der Waals surface area contributed by atoms with E-state index in [2.05, 4.69) is 16.7 Å². The van der Waals surface area contributed by atoms with E-state index in [0.29, 0.717) is 17.0 Å². The number of benzene rings is 3. The predicted octanol–water partition coefficient (Wildman–Crippen LogP) is 6.23. The highest BCUT2D eigenvalue weighted by molar-refractivity contribution is 8.00. The Kier molecular flexibility index (Phi) is 8.55. The van der Waals surface area contributed by atoms with Crippen LogP contribution >= 0.6 is 23.1 Å². The largest absolute Gasteiger partial charge is 0.321 e. The molecule has 39 heavy (non-hydrogen) atoms. The molecule has 0 saturated heterocycles. The SMILES string of the molecule is O=C(Nc1cccc(SCC(=O)N2CCCc3ccccc32)c1)/C(=C/c1cccs1)NC(=O)c1ccccc1. The van der Waals surface area contributed by atoms with Crippen molar-refractivity contribution in [3.05, 3.63) is 118 Å². The van der Waals surface area contributed by atoms with Gasteiger partial charge in [-0.25, -0.2) is 0 Å². The van der Waals surface area contributed by atoms with Gasteiger partial charge in [0.1, 0.15) is 5.70 Å². The van der Waals surface area contributed by atoms with Crippen molar-refractivity contribution in [2.45, 2.75) is 17.7 Å². The predicted molar refractivity (Wildman–Crippen MR) is 159 cm³/mol. The Balaban J connectivity index is 1.25. The Morgan fingerprint density at radius 3 is 2.56 bits per heavy atom. The van der Waals surface area contributed by atoms with E-state index in [1.807, 2.05) is 64.9 Å². The summed E-state index contributed by atoms with van der Waals surface area (Å²) in [7, 11) is 0. The molecule has 1 aromatic heterocycles. The zero-order chi connectivity index (χ0) is 27.0. The molecule has 4 aromatic rings. The van der Waals surface area contributed by atoms with Crippen molar-refractivity contribution in [2.24, 2.45) is 0 Å². The van der Waals surface area contributed by atoms with Gasteiger partial charge in [-0.2, -0.15) is 0 Å². The van der Waals surface area contributed by atoms with E-state index in [-0.39, 0.29) is 17.5 Å². The number of para-hydroxylation sites is 1. The first-order valence-electron chi connectivity index (χ1n) is 12.6. The molecule has 2 heterocycles. The minimum absolute atomic E-state index is 0.0615. The number of nitrogens with one attached hydrogen (secondary N) is 2. The lowest BCUT2D eigenvalue weighted by Crippen LogP contribution is -2.36. The van der Waals surface area contributed by atoms with Crippen LogP contribution in [0, 0.1) is 0 Å². The minimum atomic E-state index is -0.434. The van der Waals surface area contributed by atoms with E-state index >= 15 is 0 Å². The fourth-order valence-electron chi connectivity index (χ4n) is 4.34. The van der Waals surface area contributed by atoms with Crippen molar-refractivity contribution >= 4 is 58.3 Å². The average Bonchev–Trinajstić information content (AvgIpc) is 3.49. The van der Waals surface area contributed by atoms with Gasteiger partial charge in [-0.3, -0.25) is 14.4 Å². The molecule has 3 amide bonds. The Bertz CT molecular complexity index is 1500. The van der Waals surface area contributed by atoms with Gasteiger partial charge in [-0.15, -0.1) is 23.1 Å². The summed E-state index contributed by atoms with van der Waals surface area (Å²) in [5, 5.41) is 7.55. The van der Waals surface area contributed by atoms with Crippen molar-refractivity contribution < 1.29 is 14.4 Å². The molecule has 6 nitrogen and oxygen atoms in total. The second-order valence-electron chi connectivity index (χ2n) is 8.94. The highest BCUT2D eigenvalue weighted by Gasteiger charge is 2.22. The van der Waals surface area contributed by atoms with Crippen LogP contribution < -0.4 is 15.5 Å². The molecule has 0 atom stereocenters. The van der Waals surface area contributed by atoms with Crippen molar-refractivity contribution in [3.8, 4) is 0 Å². The Labute approximate surface area is 235 Å². The van der Waals surface area contributed by atoms with Crippen LogP contribution in [0.5, 0.6) is 0 Å². The first kappa shape index (κ1) is 26.5. The number of hydrogen-bond donors (Lipinski definition) is 2. The Morgan fingerprint density at radius 2 is 1.74 bits per heavy atom. The number of amides is 3. The molecule has 1 aliphatic rings. The maximum Gasteiger partial charge on any atom is 0.272 e. The fraction of sp³-hybridized carbons (Fsp3) is 0.129. The van der Waals surface area contributed by atoms with Crippen LogP contribution in [0.2, 0.25) is 0 Å². The van der Waals surface area contributed by atoms with E-state index in [1.54, 1.807) is 36.4 Å². The molecule has 0 spiro atoms. The molecular weight excluding hydrogens is 526 g/mol. The van der Waals surface area contributed by atoms with E-state index in [0.717, 1.165) is 34.8 Å². The van der Waals surface area contributed by atoms with Gasteiger partial charge in [0.25, 0.3) is 11.8 Å². The number of fused-ring (bicyclic) bond motifs is 1. The molecule has 5 rings (SSSR count). The number of carbonyl (C=O) groups excluding carboxylic acids is 3. The highest BCUT2D eigenvalue weighted by Crippen LogP contribution is 2.29. The molecule has 8 heteroatoms. The van der Waals surface area contributed by atoms with Crippen molar-refractivity contribution in [1.29, 1.82) is 0 Å². The summed E-state index contributed by atoms with van der Waals surface area (Å²) in [5.41, 5.74) is 3.38. The molecular formula is C31H27N3O3S2. The van der Waals surface area contributed by atoms with Crippen molar-refractivity contribution in [3.63, 3.8) is 0 Å². The maximum atomic E-state index is 13.2. The third-order valence-electron chi connectivity index (χ3n) is 6.22. The zero-order valence-corrected chi connectivity index (χ0v) is 22.8. The third-order valence-corrected chi connectivity index (χ3v) is 8.02. The second-order valence-corrected chi connectivity index (χ2v) is 11.0. The van der Waals surface area contributed by atoms with Crippen LogP contribution in [0.15, 0.2) is 107 Å². The number of hydrogen-bond acceptors (Lipinski definition) is 5. The molecule has 0 fully saturated rings. The normalized spacial score (nSPS) is 12.9. The average molecular weight is 554 g/mol. The van der Waals surface area contributed by atoms with Gasteiger partial charge in [0.05, 0.1) is 5.75 Å². The number of thioether (sulfide) groups is 1. The number of anilines is 2. The number of aryl methyl sites for hydroxylation is 1. The van der Waals surface area contributed by atoms with Crippen LogP contribution in [-0.2, 0) is 16.0 Å². The van der Waals surface area contributed by atoms with E-state index in [9.17, 15) is 14.4 Å².